The van der Waals surface area contributed by atoms with E-state index in [1.54, 1.807) is 37.6 Å². The van der Waals surface area contributed by atoms with Gasteiger partial charge in [-0.15, -0.1) is 0 Å². The molecule has 20 heavy (non-hydrogen) atoms. The van der Waals surface area contributed by atoms with E-state index in [2.05, 4.69) is 15.1 Å². The van der Waals surface area contributed by atoms with Gasteiger partial charge in [-0.05, 0) is 30.5 Å². The van der Waals surface area contributed by atoms with Gasteiger partial charge in [-0.3, -0.25) is 9.89 Å². The Morgan fingerprint density at radius 2 is 2.05 bits per heavy atom. The third-order valence-corrected chi connectivity index (χ3v) is 3.49. The summed E-state index contributed by atoms with van der Waals surface area (Å²) >= 11 is 1.43. The van der Waals surface area contributed by atoms with E-state index in [1.807, 2.05) is 6.26 Å². The number of fused-ring (bicyclic) bond motifs is 1. The van der Waals surface area contributed by atoms with Gasteiger partial charge in [-0.25, -0.2) is 14.6 Å². The number of H-pyrrole nitrogens is 1. The Labute approximate surface area is 118 Å². The summed E-state index contributed by atoms with van der Waals surface area (Å²) < 4.78 is 6.55. The Hall–Kier alpha value is -2.28. The lowest BCUT2D eigenvalue weighted by atomic mass is 10.3. The van der Waals surface area contributed by atoms with Crippen molar-refractivity contribution in [1.29, 1.82) is 0 Å². The van der Waals surface area contributed by atoms with E-state index in [1.165, 1.54) is 16.4 Å². The lowest BCUT2D eigenvalue weighted by Gasteiger charge is -2.02. The van der Waals surface area contributed by atoms with Gasteiger partial charge in [0.1, 0.15) is 11.1 Å². The lowest BCUT2D eigenvalue weighted by molar-refractivity contribution is 0.414. The maximum atomic E-state index is 12.3. The maximum absolute atomic E-state index is 12.3. The van der Waals surface area contributed by atoms with Crippen LogP contribution in [0, 0.1) is 0 Å². The largest absolute Gasteiger partial charge is 0.497 e. The summed E-state index contributed by atoms with van der Waals surface area (Å²) in [5.41, 5.74) is 1.09. The van der Waals surface area contributed by atoms with E-state index in [9.17, 15) is 4.79 Å². The zero-order valence-corrected chi connectivity index (χ0v) is 11.8. The number of ether oxygens (including phenoxy) is 1. The fraction of sp³-hybridized carbons (Fsp3) is 0.154. The molecule has 0 fully saturated rings. The summed E-state index contributed by atoms with van der Waals surface area (Å²) in [5.74, 6) is 0.738. The molecule has 3 rings (SSSR count). The molecule has 0 saturated carbocycles. The van der Waals surface area contributed by atoms with Crippen LogP contribution in [0.2, 0.25) is 0 Å². The first kappa shape index (κ1) is 12.7. The predicted octanol–water partition coefficient (Wildman–Crippen LogP) is 1.84. The van der Waals surface area contributed by atoms with Gasteiger partial charge in [-0.2, -0.15) is 0 Å². The maximum Gasteiger partial charge on any atom is 0.282 e. The molecule has 0 aliphatic carbocycles. The van der Waals surface area contributed by atoms with Crippen molar-refractivity contribution < 1.29 is 4.74 Å². The Morgan fingerprint density at radius 1 is 1.30 bits per heavy atom. The van der Waals surface area contributed by atoms with Crippen LogP contribution in [-0.4, -0.2) is 33.1 Å². The lowest BCUT2D eigenvalue weighted by Crippen LogP contribution is -2.14. The zero-order chi connectivity index (χ0) is 14.1. The third kappa shape index (κ3) is 2.05. The minimum atomic E-state index is -0.169. The molecule has 0 saturated heterocycles. The number of nitrogens with zero attached hydrogens (tertiary/aromatic N) is 3. The highest BCUT2D eigenvalue weighted by Gasteiger charge is 2.10. The van der Waals surface area contributed by atoms with Crippen molar-refractivity contribution in [3.8, 4) is 11.4 Å². The van der Waals surface area contributed by atoms with E-state index in [0.717, 1.165) is 11.4 Å². The first-order valence-corrected chi connectivity index (χ1v) is 7.11. The number of hydrogen-bond donors (Lipinski definition) is 1. The van der Waals surface area contributed by atoms with Crippen LogP contribution >= 0.6 is 11.8 Å². The summed E-state index contributed by atoms with van der Waals surface area (Å²) in [5, 5.41) is 4.09. The fourth-order valence-corrected chi connectivity index (χ4v) is 2.24. The van der Waals surface area contributed by atoms with Gasteiger partial charge >= 0.3 is 0 Å². The van der Waals surface area contributed by atoms with Gasteiger partial charge < -0.3 is 4.74 Å². The standard InChI is InChI=1S/C13H12N4O2S/c1-19-9-5-3-8(4-6-9)17-12(18)10-7-14-13(20-2)15-11(10)16-17/h3-7H,1-2H3,(H,14,15,16). The molecule has 1 aromatic carbocycles. The van der Waals surface area contributed by atoms with Crippen LogP contribution in [0.3, 0.4) is 0 Å². The number of aromatic amines is 1. The molecule has 0 spiro atoms. The normalized spacial score (nSPS) is 10.9. The monoisotopic (exact) mass is 288 g/mol. The molecule has 7 heteroatoms. The Bertz CT molecular complexity index is 807. The van der Waals surface area contributed by atoms with Crippen molar-refractivity contribution in [1.82, 2.24) is 19.7 Å². The molecule has 6 nitrogen and oxygen atoms in total. The highest BCUT2D eigenvalue weighted by atomic mass is 32.2. The molecule has 0 bridgehead atoms. The SMILES string of the molecule is COc1ccc(-n2[nH]c3nc(SC)ncc3c2=O)cc1. The number of nitrogens with one attached hydrogen (secondary N) is 1. The van der Waals surface area contributed by atoms with Crippen molar-refractivity contribution in [2.75, 3.05) is 13.4 Å². The molecule has 2 aromatic heterocycles. The van der Waals surface area contributed by atoms with Gasteiger partial charge in [0, 0.05) is 6.20 Å². The summed E-state index contributed by atoms with van der Waals surface area (Å²) in [4.78, 5) is 20.7. The first-order valence-electron chi connectivity index (χ1n) is 5.89. The summed E-state index contributed by atoms with van der Waals surface area (Å²) in [6.07, 6.45) is 3.44. The number of thioether (sulfide) groups is 1. The molecule has 0 aliphatic rings. The minimum Gasteiger partial charge on any atom is -0.497 e. The van der Waals surface area contributed by atoms with Crippen LogP contribution < -0.4 is 10.3 Å². The average molecular weight is 288 g/mol. The molecule has 1 N–H and O–H groups in total. The number of benzene rings is 1. The van der Waals surface area contributed by atoms with Crippen molar-refractivity contribution in [2.24, 2.45) is 0 Å². The Kier molecular flexibility index (Phi) is 3.19. The molecule has 2 heterocycles. The zero-order valence-electron chi connectivity index (χ0n) is 11.0. The molecule has 102 valence electrons. The predicted molar refractivity (Wildman–Crippen MR) is 77.8 cm³/mol. The van der Waals surface area contributed by atoms with Gasteiger partial charge in [0.2, 0.25) is 0 Å². The number of hydrogen-bond acceptors (Lipinski definition) is 5. The third-order valence-electron chi connectivity index (χ3n) is 2.93. The van der Waals surface area contributed by atoms with Crippen molar-refractivity contribution in [3.05, 3.63) is 40.8 Å². The second-order valence-electron chi connectivity index (χ2n) is 4.07. The van der Waals surface area contributed by atoms with Crippen LogP contribution in [0.4, 0.5) is 0 Å². The van der Waals surface area contributed by atoms with Gasteiger partial charge in [-0.1, -0.05) is 11.8 Å². The first-order chi connectivity index (χ1) is 9.72. The second kappa shape index (κ2) is 5.01. The van der Waals surface area contributed by atoms with Crippen LogP contribution in [-0.2, 0) is 0 Å². The van der Waals surface area contributed by atoms with E-state index in [0.29, 0.717) is 16.2 Å². The van der Waals surface area contributed by atoms with Crippen LogP contribution in [0.5, 0.6) is 5.75 Å². The second-order valence-corrected chi connectivity index (χ2v) is 4.84. The molecule has 0 amide bonds. The van der Waals surface area contributed by atoms with Crippen molar-refractivity contribution in [3.63, 3.8) is 0 Å². The molecule has 0 atom stereocenters. The van der Waals surface area contributed by atoms with Crippen LogP contribution in [0.15, 0.2) is 40.4 Å². The highest BCUT2D eigenvalue weighted by molar-refractivity contribution is 7.98. The molecule has 3 aromatic rings. The quantitative estimate of drug-likeness (QED) is 0.588. The molecular formula is C13H12N4O2S. The number of rotatable bonds is 3. The molecule has 0 aliphatic heterocycles. The summed E-state index contributed by atoms with van der Waals surface area (Å²) in [6, 6.07) is 7.20. The Morgan fingerprint density at radius 3 is 2.70 bits per heavy atom. The van der Waals surface area contributed by atoms with E-state index >= 15 is 0 Å². The fourth-order valence-electron chi connectivity index (χ4n) is 1.90. The van der Waals surface area contributed by atoms with Gasteiger partial charge in [0.15, 0.2) is 10.8 Å². The molecule has 0 unspecified atom stereocenters. The highest BCUT2D eigenvalue weighted by Crippen LogP contribution is 2.15. The van der Waals surface area contributed by atoms with Gasteiger partial charge in [0.25, 0.3) is 5.56 Å². The van der Waals surface area contributed by atoms with E-state index in [4.69, 9.17) is 4.74 Å². The summed E-state index contributed by atoms with van der Waals surface area (Å²) in [6.45, 7) is 0. The molecule has 0 radical (unpaired) electrons. The van der Waals surface area contributed by atoms with E-state index < -0.39 is 0 Å². The van der Waals surface area contributed by atoms with Crippen molar-refractivity contribution in [2.45, 2.75) is 5.16 Å². The Balaban J connectivity index is 2.15. The average Bonchev–Trinajstić information content (AvgIpc) is 2.84. The number of aromatic nitrogens is 4. The van der Waals surface area contributed by atoms with Crippen LogP contribution in [0.1, 0.15) is 0 Å². The molecular weight excluding hydrogens is 276 g/mol. The van der Waals surface area contributed by atoms with Crippen molar-refractivity contribution >= 4 is 22.8 Å². The van der Waals surface area contributed by atoms with Crippen LogP contribution in [0.25, 0.3) is 16.7 Å². The topological polar surface area (TPSA) is 72.8 Å². The van der Waals surface area contributed by atoms with E-state index in [-0.39, 0.29) is 5.56 Å². The number of methoxy groups -OCH3 is 1. The minimum absolute atomic E-state index is 0.169. The van der Waals surface area contributed by atoms with Gasteiger partial charge in [0.05, 0.1) is 12.8 Å². The smallest absolute Gasteiger partial charge is 0.282 e. The summed E-state index contributed by atoms with van der Waals surface area (Å²) in [7, 11) is 1.60.